The number of rotatable bonds is 3. The minimum Gasteiger partial charge on any atom is -0.454 e. The number of carbonyl (C=O) groups excluding carboxylic acids is 2. The number of fused-ring (bicyclic) bond motifs is 5. The van der Waals surface area contributed by atoms with E-state index in [0.29, 0.717) is 44.2 Å². The van der Waals surface area contributed by atoms with Gasteiger partial charge in [-0.25, -0.2) is 0 Å². The van der Waals surface area contributed by atoms with Crippen molar-refractivity contribution in [1.82, 2.24) is 14.4 Å². The lowest BCUT2D eigenvalue weighted by molar-refractivity contribution is -0.138. The van der Waals surface area contributed by atoms with Gasteiger partial charge < -0.3 is 23.8 Å². The van der Waals surface area contributed by atoms with Crippen LogP contribution in [-0.2, 0) is 22.7 Å². The average molecular weight is 435 g/mol. The summed E-state index contributed by atoms with van der Waals surface area (Å²) in [6.07, 6.45) is 1.26. The van der Waals surface area contributed by atoms with Gasteiger partial charge in [0, 0.05) is 56.8 Å². The Morgan fingerprint density at radius 2 is 1.88 bits per heavy atom. The van der Waals surface area contributed by atoms with Gasteiger partial charge in [0.1, 0.15) is 0 Å². The molecule has 1 aromatic heterocycles. The number of nitrogens with zero attached hydrogens (tertiary/aromatic N) is 3. The molecule has 8 heteroatoms. The van der Waals surface area contributed by atoms with Gasteiger partial charge >= 0.3 is 0 Å². The summed E-state index contributed by atoms with van der Waals surface area (Å²) in [5.74, 6) is 1.64. The van der Waals surface area contributed by atoms with Gasteiger partial charge in [-0.2, -0.15) is 0 Å². The molecule has 0 unspecified atom stereocenters. The summed E-state index contributed by atoms with van der Waals surface area (Å²) >= 11 is 0. The fourth-order valence-corrected chi connectivity index (χ4v) is 5.68. The number of benzene rings is 1. The molecule has 4 aliphatic heterocycles. The number of pyridine rings is 1. The zero-order valence-corrected chi connectivity index (χ0v) is 17.7. The quantitative estimate of drug-likeness (QED) is 0.731. The van der Waals surface area contributed by atoms with Crippen molar-refractivity contribution in [3.8, 4) is 11.5 Å². The largest absolute Gasteiger partial charge is 0.454 e. The molecule has 8 nitrogen and oxygen atoms in total. The van der Waals surface area contributed by atoms with Crippen molar-refractivity contribution < 1.29 is 19.1 Å². The molecule has 32 heavy (non-hydrogen) atoms. The Bertz CT molecular complexity index is 1160. The number of ether oxygens (including phenoxy) is 2. The summed E-state index contributed by atoms with van der Waals surface area (Å²) in [7, 11) is 0. The maximum absolute atomic E-state index is 13.3. The molecule has 166 valence electrons. The second-order valence-electron chi connectivity index (χ2n) is 9.30. The van der Waals surface area contributed by atoms with E-state index < -0.39 is 0 Å². The molecular formula is C24H25N3O5. The summed E-state index contributed by atoms with van der Waals surface area (Å²) < 4.78 is 12.6. The number of carbonyl (C=O) groups is 2. The van der Waals surface area contributed by atoms with Crippen LogP contribution in [0.3, 0.4) is 0 Å². The molecule has 0 radical (unpaired) electrons. The van der Waals surface area contributed by atoms with Crippen LogP contribution in [0.5, 0.6) is 11.5 Å². The Hall–Kier alpha value is -3.29. The smallest absolute Gasteiger partial charge is 0.250 e. The Morgan fingerprint density at radius 1 is 1.00 bits per heavy atom. The topological polar surface area (TPSA) is 81.1 Å². The second-order valence-corrected chi connectivity index (χ2v) is 9.30. The lowest BCUT2D eigenvalue weighted by Crippen LogP contribution is -2.50. The predicted molar refractivity (Wildman–Crippen MR) is 114 cm³/mol. The van der Waals surface area contributed by atoms with Crippen molar-refractivity contribution in [2.75, 3.05) is 26.4 Å². The fraction of sp³-hybridized carbons (Fsp3) is 0.458. The molecule has 4 aliphatic rings. The zero-order valence-electron chi connectivity index (χ0n) is 17.7. The Kier molecular flexibility index (Phi) is 4.48. The molecule has 0 spiro atoms. The first-order valence-electron chi connectivity index (χ1n) is 11.2. The molecule has 0 saturated carbocycles. The molecule has 1 aromatic carbocycles. The maximum Gasteiger partial charge on any atom is 0.250 e. The van der Waals surface area contributed by atoms with Crippen molar-refractivity contribution in [3.63, 3.8) is 0 Å². The van der Waals surface area contributed by atoms with Crippen LogP contribution in [0, 0.1) is 11.8 Å². The first kappa shape index (κ1) is 19.4. The highest BCUT2D eigenvalue weighted by atomic mass is 16.7. The standard InChI is InChI=1S/C24H25N3O5/c28-22-3-1-2-19-17-6-16(11-27(19)22)10-26(12-17)24(30)18-8-23(29)25(13-18)9-15-4-5-20-21(7-15)32-14-31-20/h1-5,7,16-18H,6,8-14H2/t16-,17-,18-/m1/s1. The van der Waals surface area contributed by atoms with Crippen molar-refractivity contribution in [2.45, 2.75) is 31.8 Å². The zero-order chi connectivity index (χ0) is 21.8. The van der Waals surface area contributed by atoms with E-state index in [2.05, 4.69) is 0 Å². The van der Waals surface area contributed by atoms with Crippen molar-refractivity contribution in [3.05, 3.63) is 58.0 Å². The van der Waals surface area contributed by atoms with Crippen LogP contribution in [0.1, 0.15) is 30.0 Å². The third-order valence-corrected chi connectivity index (χ3v) is 7.17. The van der Waals surface area contributed by atoms with Gasteiger partial charge in [0.05, 0.1) is 5.92 Å². The van der Waals surface area contributed by atoms with Gasteiger partial charge in [0.15, 0.2) is 11.5 Å². The third-order valence-electron chi connectivity index (χ3n) is 7.17. The number of hydrogen-bond donors (Lipinski definition) is 0. The summed E-state index contributed by atoms with van der Waals surface area (Å²) in [5.41, 5.74) is 2.03. The molecule has 2 saturated heterocycles. The summed E-state index contributed by atoms with van der Waals surface area (Å²) in [5, 5.41) is 0. The minimum atomic E-state index is -0.312. The molecule has 2 bridgehead atoms. The van der Waals surface area contributed by atoms with Gasteiger partial charge in [0.2, 0.25) is 18.6 Å². The minimum absolute atomic E-state index is 0.00937. The molecule has 5 heterocycles. The van der Waals surface area contributed by atoms with E-state index in [0.717, 1.165) is 17.7 Å². The summed E-state index contributed by atoms with van der Waals surface area (Å²) in [4.78, 5) is 41.9. The highest BCUT2D eigenvalue weighted by Gasteiger charge is 2.41. The Balaban J connectivity index is 1.14. The number of hydrogen-bond acceptors (Lipinski definition) is 5. The number of likely N-dealkylation sites (tertiary alicyclic amines) is 2. The fourth-order valence-electron chi connectivity index (χ4n) is 5.68. The first-order chi connectivity index (χ1) is 15.5. The molecule has 3 atom stereocenters. The molecule has 6 rings (SSSR count). The van der Waals surface area contributed by atoms with Crippen molar-refractivity contribution >= 4 is 11.8 Å². The molecule has 2 amide bonds. The molecular weight excluding hydrogens is 410 g/mol. The lowest BCUT2D eigenvalue weighted by Gasteiger charge is -2.43. The van der Waals surface area contributed by atoms with E-state index in [1.54, 1.807) is 17.0 Å². The van der Waals surface area contributed by atoms with E-state index in [9.17, 15) is 14.4 Å². The maximum atomic E-state index is 13.3. The molecule has 0 N–H and O–H groups in total. The van der Waals surface area contributed by atoms with Crippen LogP contribution in [0.2, 0.25) is 0 Å². The molecule has 2 fully saturated rings. The van der Waals surface area contributed by atoms with Gasteiger partial charge in [-0.15, -0.1) is 0 Å². The highest BCUT2D eigenvalue weighted by Crippen LogP contribution is 2.37. The molecule has 0 aliphatic carbocycles. The monoisotopic (exact) mass is 435 g/mol. The lowest BCUT2D eigenvalue weighted by atomic mass is 9.82. The number of piperidine rings is 1. The normalized spacial score (nSPS) is 25.8. The summed E-state index contributed by atoms with van der Waals surface area (Å²) in [6, 6.07) is 11.1. The van der Waals surface area contributed by atoms with Crippen molar-refractivity contribution in [2.24, 2.45) is 11.8 Å². The van der Waals surface area contributed by atoms with Crippen LogP contribution in [0.15, 0.2) is 41.2 Å². The van der Waals surface area contributed by atoms with Crippen LogP contribution in [0.4, 0.5) is 0 Å². The third kappa shape index (κ3) is 3.25. The van der Waals surface area contributed by atoms with E-state index in [4.69, 9.17) is 9.47 Å². The first-order valence-corrected chi connectivity index (χ1v) is 11.2. The number of aromatic nitrogens is 1. The predicted octanol–water partition coefficient (Wildman–Crippen LogP) is 1.57. The SMILES string of the molecule is O=C1C[C@@H](C(=O)N2C[C@H]3C[C@H](C2)c2cccc(=O)n2C3)CN1Cc1ccc2c(c1)OCO2. The van der Waals surface area contributed by atoms with Gasteiger partial charge in [-0.3, -0.25) is 14.4 Å². The van der Waals surface area contributed by atoms with E-state index in [-0.39, 0.29) is 48.3 Å². The van der Waals surface area contributed by atoms with E-state index in [1.165, 1.54) is 0 Å². The van der Waals surface area contributed by atoms with Crippen LogP contribution in [0.25, 0.3) is 0 Å². The average Bonchev–Trinajstić information content (AvgIpc) is 3.40. The molecule has 2 aromatic rings. The highest BCUT2D eigenvalue weighted by molar-refractivity contribution is 5.89. The Morgan fingerprint density at radius 3 is 2.78 bits per heavy atom. The van der Waals surface area contributed by atoms with Crippen LogP contribution in [-0.4, -0.2) is 52.6 Å². The van der Waals surface area contributed by atoms with E-state index in [1.807, 2.05) is 33.7 Å². The van der Waals surface area contributed by atoms with E-state index >= 15 is 0 Å². The van der Waals surface area contributed by atoms with Gasteiger partial charge in [-0.1, -0.05) is 12.1 Å². The van der Waals surface area contributed by atoms with Gasteiger partial charge in [-0.05, 0) is 36.1 Å². The second kappa shape index (κ2) is 7.39. The van der Waals surface area contributed by atoms with Crippen LogP contribution >= 0.6 is 0 Å². The van der Waals surface area contributed by atoms with Gasteiger partial charge in [0.25, 0.3) is 5.56 Å². The van der Waals surface area contributed by atoms with Crippen molar-refractivity contribution in [1.29, 1.82) is 0 Å². The summed E-state index contributed by atoms with van der Waals surface area (Å²) in [6.45, 7) is 3.05. The van der Waals surface area contributed by atoms with Crippen LogP contribution < -0.4 is 15.0 Å². The number of amides is 2. The Labute approximate surface area is 185 Å².